The molecule has 1 aromatic heterocycles. The molecule has 2 aliphatic rings. The molecule has 2 bridgehead atoms. The number of carbonyl (C=O) groups excluding carboxylic acids is 2. The quantitative estimate of drug-likeness (QED) is 0.936. The number of hydrogen-bond acceptors (Lipinski definition) is 3. The van der Waals surface area contributed by atoms with Crippen molar-refractivity contribution in [1.82, 2.24) is 14.7 Å². The third kappa shape index (κ3) is 3.04. The van der Waals surface area contributed by atoms with Crippen LogP contribution in [0.15, 0.2) is 42.7 Å². The maximum Gasteiger partial charge on any atom is 0.254 e. The first kappa shape index (κ1) is 15.9. The first-order valence-corrected chi connectivity index (χ1v) is 8.81. The van der Waals surface area contributed by atoms with E-state index in [1.54, 1.807) is 24.3 Å². The molecule has 1 aromatic carbocycles. The van der Waals surface area contributed by atoms with Crippen LogP contribution in [0.1, 0.15) is 49.0 Å². The Hall–Kier alpha value is -2.63. The summed E-state index contributed by atoms with van der Waals surface area (Å²) in [6, 6.07) is 10.1. The summed E-state index contributed by atoms with van der Waals surface area (Å²) in [7, 11) is 0. The largest absolute Gasteiger partial charge is 0.333 e. The van der Waals surface area contributed by atoms with Gasteiger partial charge in [-0.3, -0.25) is 14.3 Å². The van der Waals surface area contributed by atoms with Gasteiger partial charge in [0.1, 0.15) is 0 Å². The summed E-state index contributed by atoms with van der Waals surface area (Å²) >= 11 is 0. The van der Waals surface area contributed by atoms with Gasteiger partial charge in [0.05, 0.1) is 6.04 Å². The van der Waals surface area contributed by atoms with Crippen LogP contribution in [-0.4, -0.2) is 38.6 Å². The molecule has 3 heterocycles. The van der Waals surface area contributed by atoms with Gasteiger partial charge in [-0.25, -0.2) is 0 Å². The van der Waals surface area contributed by atoms with Crippen LogP contribution in [0.3, 0.4) is 0 Å². The fourth-order valence-electron chi connectivity index (χ4n) is 4.24. The predicted octanol–water partition coefficient (Wildman–Crippen LogP) is 2.85. The van der Waals surface area contributed by atoms with Crippen LogP contribution in [0, 0.1) is 0 Å². The second-order valence-corrected chi connectivity index (χ2v) is 6.97. The zero-order valence-corrected chi connectivity index (χ0v) is 14.3. The molecule has 0 aliphatic carbocycles. The number of anilines is 1. The Labute approximate surface area is 146 Å². The Balaban J connectivity index is 1.49. The third-order valence-corrected chi connectivity index (χ3v) is 5.29. The molecule has 0 saturated carbocycles. The van der Waals surface area contributed by atoms with Crippen LogP contribution in [0.2, 0.25) is 0 Å². The molecular formula is C19H22N4O2. The number of carbonyl (C=O) groups is 2. The topological polar surface area (TPSA) is 67.2 Å². The lowest BCUT2D eigenvalue weighted by atomic mass is 9.96. The van der Waals surface area contributed by atoms with Crippen LogP contribution >= 0.6 is 0 Å². The normalized spacial score (nSPS) is 25.0. The maximum atomic E-state index is 13.0. The van der Waals surface area contributed by atoms with E-state index in [2.05, 4.69) is 15.3 Å². The summed E-state index contributed by atoms with van der Waals surface area (Å²) in [5.74, 6) is -0.0152. The van der Waals surface area contributed by atoms with Gasteiger partial charge in [0.15, 0.2) is 0 Å². The number of piperidine rings is 1. The van der Waals surface area contributed by atoms with E-state index < -0.39 is 0 Å². The lowest BCUT2D eigenvalue weighted by Gasteiger charge is -2.39. The Morgan fingerprint density at radius 1 is 1.08 bits per heavy atom. The first-order valence-electron chi connectivity index (χ1n) is 8.81. The summed E-state index contributed by atoms with van der Waals surface area (Å²) in [6.07, 6.45) is 7.90. The zero-order valence-electron chi connectivity index (χ0n) is 14.3. The van der Waals surface area contributed by atoms with E-state index in [1.807, 2.05) is 23.1 Å². The van der Waals surface area contributed by atoms with Crippen LogP contribution < -0.4 is 5.32 Å². The Morgan fingerprint density at radius 2 is 1.76 bits per heavy atom. The molecule has 2 aliphatic heterocycles. The molecule has 4 rings (SSSR count). The summed E-state index contributed by atoms with van der Waals surface area (Å²) in [5.41, 5.74) is 1.40. The fraction of sp³-hybridized carbons (Fsp3) is 0.421. The Morgan fingerprint density at radius 3 is 2.32 bits per heavy atom. The monoisotopic (exact) mass is 338 g/mol. The molecule has 130 valence electrons. The molecule has 2 saturated heterocycles. The molecule has 1 N–H and O–H groups in total. The van der Waals surface area contributed by atoms with Crippen molar-refractivity contribution in [3.63, 3.8) is 0 Å². The average molecular weight is 338 g/mol. The Bertz CT molecular complexity index is 755. The van der Waals surface area contributed by atoms with Crippen molar-refractivity contribution in [2.75, 3.05) is 5.32 Å². The lowest BCUT2D eigenvalue weighted by Crippen LogP contribution is -2.47. The van der Waals surface area contributed by atoms with E-state index in [0.717, 1.165) is 25.7 Å². The number of rotatable bonds is 3. The molecule has 2 aromatic rings. The number of benzene rings is 1. The van der Waals surface area contributed by atoms with E-state index in [9.17, 15) is 9.59 Å². The van der Waals surface area contributed by atoms with E-state index in [0.29, 0.717) is 17.3 Å². The maximum absolute atomic E-state index is 13.0. The van der Waals surface area contributed by atoms with Crippen LogP contribution in [-0.2, 0) is 4.79 Å². The van der Waals surface area contributed by atoms with Crippen LogP contribution in [0.5, 0.6) is 0 Å². The number of fused-ring (bicyclic) bond motifs is 2. The highest BCUT2D eigenvalue weighted by atomic mass is 16.2. The van der Waals surface area contributed by atoms with Crippen molar-refractivity contribution in [1.29, 1.82) is 0 Å². The minimum absolute atomic E-state index is 0.0980. The minimum atomic E-state index is -0.113. The molecule has 0 radical (unpaired) electrons. The summed E-state index contributed by atoms with van der Waals surface area (Å²) < 4.78 is 2.04. The van der Waals surface area contributed by atoms with Crippen molar-refractivity contribution in [2.24, 2.45) is 0 Å². The molecule has 0 spiro atoms. The summed E-state index contributed by atoms with van der Waals surface area (Å²) in [6.45, 7) is 1.47. The zero-order chi connectivity index (χ0) is 17.4. The lowest BCUT2D eigenvalue weighted by molar-refractivity contribution is -0.114. The van der Waals surface area contributed by atoms with Crippen molar-refractivity contribution in [3.8, 4) is 0 Å². The Kier molecular flexibility index (Phi) is 4.03. The summed E-state index contributed by atoms with van der Waals surface area (Å²) in [4.78, 5) is 26.2. The number of amides is 2. The molecule has 2 amide bonds. The van der Waals surface area contributed by atoms with Gasteiger partial charge in [-0.1, -0.05) is 0 Å². The fourth-order valence-corrected chi connectivity index (χ4v) is 4.24. The number of aromatic nitrogens is 2. The van der Waals surface area contributed by atoms with E-state index in [4.69, 9.17) is 0 Å². The van der Waals surface area contributed by atoms with E-state index in [1.165, 1.54) is 6.92 Å². The van der Waals surface area contributed by atoms with Gasteiger partial charge in [0.2, 0.25) is 5.91 Å². The molecule has 25 heavy (non-hydrogen) atoms. The predicted molar refractivity (Wildman–Crippen MR) is 94.2 cm³/mol. The highest BCUT2D eigenvalue weighted by Gasteiger charge is 2.44. The highest BCUT2D eigenvalue weighted by molar-refractivity contribution is 5.96. The van der Waals surface area contributed by atoms with Gasteiger partial charge < -0.3 is 10.2 Å². The SMILES string of the molecule is CC(=O)Nc1ccc(C(=O)N2C3CCC2CC(n2cccn2)C3)cc1. The highest BCUT2D eigenvalue weighted by Crippen LogP contribution is 2.41. The molecule has 6 nitrogen and oxygen atoms in total. The van der Waals surface area contributed by atoms with Crippen LogP contribution in [0.25, 0.3) is 0 Å². The minimum Gasteiger partial charge on any atom is -0.333 e. The third-order valence-electron chi connectivity index (χ3n) is 5.29. The van der Waals surface area contributed by atoms with Gasteiger partial charge in [-0.15, -0.1) is 0 Å². The van der Waals surface area contributed by atoms with Crippen LogP contribution in [0.4, 0.5) is 5.69 Å². The molecule has 2 atom stereocenters. The number of nitrogens with zero attached hydrogens (tertiary/aromatic N) is 3. The molecule has 2 fully saturated rings. The van der Waals surface area contributed by atoms with Crippen molar-refractivity contribution in [3.05, 3.63) is 48.3 Å². The van der Waals surface area contributed by atoms with E-state index in [-0.39, 0.29) is 23.9 Å². The second kappa shape index (κ2) is 6.35. The number of hydrogen-bond donors (Lipinski definition) is 1. The second-order valence-electron chi connectivity index (χ2n) is 6.97. The first-order chi connectivity index (χ1) is 12.1. The van der Waals surface area contributed by atoms with Crippen molar-refractivity contribution in [2.45, 2.75) is 50.7 Å². The summed E-state index contributed by atoms with van der Waals surface area (Å²) in [5, 5.41) is 7.10. The van der Waals surface area contributed by atoms with Crippen molar-refractivity contribution < 1.29 is 9.59 Å². The van der Waals surface area contributed by atoms with Gasteiger partial charge in [0.25, 0.3) is 5.91 Å². The molecular weight excluding hydrogens is 316 g/mol. The van der Waals surface area contributed by atoms with Crippen molar-refractivity contribution >= 4 is 17.5 Å². The van der Waals surface area contributed by atoms with Gasteiger partial charge >= 0.3 is 0 Å². The van der Waals surface area contributed by atoms with Gasteiger partial charge in [-0.05, 0) is 56.0 Å². The smallest absolute Gasteiger partial charge is 0.254 e. The van der Waals surface area contributed by atoms with Gasteiger partial charge in [0, 0.05) is 42.7 Å². The average Bonchev–Trinajstić information content (AvgIpc) is 3.21. The van der Waals surface area contributed by atoms with Gasteiger partial charge in [-0.2, -0.15) is 5.10 Å². The standard InChI is InChI=1S/C19H22N4O2/c1-13(24)21-15-5-3-14(4-6-15)19(25)23-16-7-8-17(23)12-18(11-16)22-10-2-9-20-22/h2-6,9-10,16-18H,7-8,11-12H2,1H3,(H,21,24). The molecule has 6 heteroatoms. The number of nitrogens with one attached hydrogen (secondary N) is 1. The molecule has 2 unspecified atom stereocenters. The van der Waals surface area contributed by atoms with E-state index >= 15 is 0 Å².